The molecule has 1 aromatic heterocycles. The Balaban J connectivity index is 0.00000280. The van der Waals surface area contributed by atoms with Crippen molar-refractivity contribution in [3.8, 4) is 0 Å². The van der Waals surface area contributed by atoms with E-state index in [0.29, 0.717) is 18.1 Å². The van der Waals surface area contributed by atoms with Crippen molar-refractivity contribution in [1.82, 2.24) is 15.1 Å². The lowest BCUT2D eigenvalue weighted by Crippen LogP contribution is -2.52. The Hall–Kier alpha value is -0.970. The van der Waals surface area contributed by atoms with Gasteiger partial charge in [-0.2, -0.15) is 0 Å². The molecule has 0 amide bonds. The lowest BCUT2D eigenvalue weighted by atomic mass is 10.2. The molecule has 1 unspecified atom stereocenters. The molecule has 0 aliphatic carbocycles. The highest BCUT2D eigenvalue weighted by atomic mass is 127. The van der Waals surface area contributed by atoms with Crippen molar-refractivity contribution in [3.63, 3.8) is 0 Å². The van der Waals surface area contributed by atoms with E-state index in [0.717, 1.165) is 44.2 Å². The Kier molecular flexibility index (Phi) is 10.5. The predicted octanol–water partition coefficient (Wildman–Crippen LogP) is 3.01. The van der Waals surface area contributed by atoms with Gasteiger partial charge in [0, 0.05) is 73.5 Å². The molecule has 1 aliphatic heterocycles. The zero-order valence-electron chi connectivity index (χ0n) is 16.3. The molecule has 1 atom stereocenters. The number of benzene rings is 1. The molecule has 0 saturated carbocycles. The number of aliphatic imine (C=N–C) groups is 1. The highest BCUT2D eigenvalue weighted by Gasteiger charge is 2.19. The molecule has 2 heterocycles. The molecule has 154 valence electrons. The first kappa shape index (κ1) is 23.3. The minimum Gasteiger partial charge on any atom is -0.355 e. The fourth-order valence-corrected chi connectivity index (χ4v) is 4.97. The maximum Gasteiger partial charge on any atom is 0.193 e. The highest BCUT2D eigenvalue weighted by Crippen LogP contribution is 2.13. The molecule has 2 aromatic rings. The number of nitrogens with zero attached hydrogens (tertiary/aromatic N) is 3. The van der Waals surface area contributed by atoms with Crippen LogP contribution in [0.25, 0.3) is 0 Å². The van der Waals surface area contributed by atoms with Gasteiger partial charge in [-0.25, -0.2) is 0 Å². The smallest absolute Gasteiger partial charge is 0.193 e. The Bertz CT molecular complexity index is 732. The molecule has 0 spiro atoms. The summed E-state index contributed by atoms with van der Waals surface area (Å²) in [5.74, 6) is 2.16. The summed E-state index contributed by atoms with van der Waals surface area (Å²) in [5, 5.41) is 5.52. The number of hydrogen-bond donors (Lipinski definition) is 1. The fourth-order valence-electron chi connectivity index (χ4n) is 3.18. The van der Waals surface area contributed by atoms with E-state index in [1.54, 1.807) is 0 Å². The highest BCUT2D eigenvalue weighted by molar-refractivity contribution is 14.0. The van der Waals surface area contributed by atoms with E-state index in [1.807, 2.05) is 48.7 Å². The molecule has 1 aromatic carbocycles. The predicted molar refractivity (Wildman–Crippen MR) is 131 cm³/mol. The third-order valence-corrected chi connectivity index (χ3v) is 6.80. The Morgan fingerprint density at radius 1 is 1.14 bits per heavy atom. The monoisotopic (exact) mass is 532 g/mol. The van der Waals surface area contributed by atoms with Crippen molar-refractivity contribution in [2.24, 2.45) is 4.99 Å². The minimum absolute atomic E-state index is 0. The number of thiophene rings is 1. The molecule has 8 heteroatoms. The normalized spacial score (nSPS) is 16.5. The summed E-state index contributed by atoms with van der Waals surface area (Å²) in [7, 11) is 0.959. The first-order valence-corrected chi connectivity index (χ1v) is 11.7. The zero-order valence-corrected chi connectivity index (χ0v) is 20.2. The zero-order chi connectivity index (χ0) is 18.9. The topological polar surface area (TPSA) is 47.9 Å². The molecule has 28 heavy (non-hydrogen) atoms. The van der Waals surface area contributed by atoms with Crippen LogP contribution >= 0.6 is 35.3 Å². The maximum absolute atomic E-state index is 12.3. The molecular formula is C20H29IN4OS2. The second-order valence-electron chi connectivity index (χ2n) is 6.59. The van der Waals surface area contributed by atoms with Gasteiger partial charge in [0.05, 0.1) is 0 Å². The van der Waals surface area contributed by atoms with Crippen LogP contribution in [0.2, 0.25) is 0 Å². The molecule has 5 nitrogen and oxygen atoms in total. The van der Waals surface area contributed by atoms with Crippen LogP contribution in [0.15, 0.2) is 52.8 Å². The van der Waals surface area contributed by atoms with Gasteiger partial charge in [0.25, 0.3) is 0 Å². The van der Waals surface area contributed by atoms with E-state index in [-0.39, 0.29) is 24.0 Å². The number of rotatable bonds is 7. The van der Waals surface area contributed by atoms with Crippen molar-refractivity contribution in [1.29, 1.82) is 0 Å². The summed E-state index contributed by atoms with van der Waals surface area (Å²) in [6.07, 6.45) is 0. The first-order chi connectivity index (χ1) is 13.2. The van der Waals surface area contributed by atoms with Gasteiger partial charge in [-0.15, -0.1) is 35.3 Å². The van der Waals surface area contributed by atoms with Gasteiger partial charge in [0.1, 0.15) is 0 Å². The standard InChI is InChI=1S/C20H28N4OS2.HI/c1-21-20(22-9-15-27(25)17-18-6-3-2-4-7-18)24-12-10-23(11-13-24)16-19-8-5-14-26-19;/h2-8,14H,9-13,15-17H2,1H3,(H,21,22);1H. The van der Waals surface area contributed by atoms with Gasteiger partial charge in [0.2, 0.25) is 0 Å². The van der Waals surface area contributed by atoms with Crippen molar-refractivity contribution in [2.45, 2.75) is 12.3 Å². The first-order valence-electron chi connectivity index (χ1n) is 9.34. The van der Waals surface area contributed by atoms with Crippen molar-refractivity contribution in [2.75, 3.05) is 45.5 Å². The number of nitrogens with one attached hydrogen (secondary N) is 1. The van der Waals surface area contributed by atoms with E-state index < -0.39 is 10.8 Å². The van der Waals surface area contributed by atoms with Gasteiger partial charge in [-0.05, 0) is 17.0 Å². The lowest BCUT2D eigenvalue weighted by Gasteiger charge is -2.36. The molecule has 1 saturated heterocycles. The van der Waals surface area contributed by atoms with Crippen LogP contribution in [0.1, 0.15) is 10.4 Å². The largest absolute Gasteiger partial charge is 0.355 e. The number of hydrogen-bond acceptors (Lipinski definition) is 4. The lowest BCUT2D eigenvalue weighted by molar-refractivity contribution is 0.174. The average molecular weight is 533 g/mol. The van der Waals surface area contributed by atoms with E-state index in [9.17, 15) is 4.21 Å². The van der Waals surface area contributed by atoms with E-state index in [4.69, 9.17) is 0 Å². The van der Waals surface area contributed by atoms with Crippen molar-refractivity contribution in [3.05, 3.63) is 58.3 Å². The van der Waals surface area contributed by atoms with E-state index in [2.05, 4.69) is 37.6 Å². The summed E-state index contributed by atoms with van der Waals surface area (Å²) in [4.78, 5) is 10.6. The Morgan fingerprint density at radius 2 is 1.89 bits per heavy atom. The molecule has 0 radical (unpaired) electrons. The summed E-state index contributed by atoms with van der Waals surface area (Å²) >= 11 is 1.82. The van der Waals surface area contributed by atoms with Crippen LogP contribution in [-0.4, -0.2) is 65.5 Å². The third-order valence-electron chi connectivity index (χ3n) is 4.63. The van der Waals surface area contributed by atoms with Crippen LogP contribution in [-0.2, 0) is 23.1 Å². The van der Waals surface area contributed by atoms with E-state index >= 15 is 0 Å². The van der Waals surface area contributed by atoms with Crippen LogP contribution in [0.4, 0.5) is 0 Å². The number of guanidine groups is 1. The van der Waals surface area contributed by atoms with Gasteiger partial charge < -0.3 is 10.2 Å². The molecule has 0 bridgehead atoms. The second kappa shape index (κ2) is 12.6. The average Bonchev–Trinajstić information content (AvgIpc) is 3.20. The van der Waals surface area contributed by atoms with Crippen LogP contribution in [0.5, 0.6) is 0 Å². The quantitative estimate of drug-likeness (QED) is 0.339. The maximum atomic E-state index is 12.3. The fraction of sp³-hybridized carbons (Fsp3) is 0.450. The minimum atomic E-state index is -0.862. The SMILES string of the molecule is CN=C(NCCS(=O)Cc1ccccc1)N1CCN(Cc2cccs2)CC1.I. The van der Waals surface area contributed by atoms with Gasteiger partial charge in [-0.1, -0.05) is 36.4 Å². The van der Waals surface area contributed by atoms with Crippen LogP contribution in [0, 0.1) is 0 Å². The second-order valence-corrected chi connectivity index (χ2v) is 9.20. The molecule has 1 N–H and O–H groups in total. The molecule has 1 aliphatic rings. The molecule has 3 rings (SSSR count). The van der Waals surface area contributed by atoms with Crippen molar-refractivity contribution < 1.29 is 4.21 Å². The Labute approximate surface area is 191 Å². The van der Waals surface area contributed by atoms with Crippen LogP contribution in [0.3, 0.4) is 0 Å². The summed E-state index contributed by atoms with van der Waals surface area (Å²) in [6, 6.07) is 14.3. The number of halogens is 1. The van der Waals surface area contributed by atoms with Gasteiger partial charge in [0.15, 0.2) is 5.96 Å². The van der Waals surface area contributed by atoms with Crippen molar-refractivity contribution >= 4 is 52.1 Å². The Morgan fingerprint density at radius 3 is 2.54 bits per heavy atom. The van der Waals surface area contributed by atoms with Gasteiger partial charge in [-0.3, -0.25) is 14.1 Å². The third kappa shape index (κ3) is 7.46. The van der Waals surface area contributed by atoms with Crippen LogP contribution < -0.4 is 5.32 Å². The summed E-state index contributed by atoms with van der Waals surface area (Å²) in [5.41, 5.74) is 1.13. The van der Waals surface area contributed by atoms with Gasteiger partial charge >= 0.3 is 0 Å². The molecule has 1 fully saturated rings. The molecular weight excluding hydrogens is 503 g/mol. The van der Waals surface area contributed by atoms with E-state index in [1.165, 1.54) is 4.88 Å². The summed E-state index contributed by atoms with van der Waals surface area (Å²) in [6.45, 7) is 5.74. The number of piperazine rings is 1. The summed E-state index contributed by atoms with van der Waals surface area (Å²) < 4.78 is 12.3.